The molecular weight excluding hydrogens is 392 g/mol. The zero-order chi connectivity index (χ0) is 20.5. The molecule has 6 nitrogen and oxygen atoms in total. The van der Waals surface area contributed by atoms with Gasteiger partial charge in [-0.1, -0.05) is 19.3 Å². The first-order valence-electron chi connectivity index (χ1n) is 9.58. The van der Waals surface area contributed by atoms with Crippen molar-refractivity contribution in [2.24, 2.45) is 0 Å². The van der Waals surface area contributed by atoms with E-state index in [1.165, 1.54) is 23.1 Å². The van der Waals surface area contributed by atoms with E-state index < -0.39 is 5.54 Å². The summed E-state index contributed by atoms with van der Waals surface area (Å²) >= 11 is 2.96. The third kappa shape index (κ3) is 3.83. The van der Waals surface area contributed by atoms with Crippen molar-refractivity contribution >= 4 is 39.2 Å². The van der Waals surface area contributed by atoms with Crippen molar-refractivity contribution in [3.63, 3.8) is 0 Å². The molecular formula is C20H26N4O2S2. The minimum Gasteiger partial charge on any atom is -0.326 e. The molecule has 1 atom stereocenters. The second-order valence-corrected chi connectivity index (χ2v) is 10.1. The highest BCUT2D eigenvalue weighted by Gasteiger charge is 2.40. The van der Waals surface area contributed by atoms with Crippen LogP contribution in [-0.2, 0) is 10.5 Å². The molecule has 1 aliphatic rings. The first kappa shape index (κ1) is 20.9. The van der Waals surface area contributed by atoms with Crippen molar-refractivity contribution < 1.29 is 4.79 Å². The maximum atomic E-state index is 12.9. The van der Waals surface area contributed by atoms with E-state index in [0.29, 0.717) is 17.0 Å². The average molecular weight is 419 g/mol. The smallest absolute Gasteiger partial charge is 0.259 e. The third-order valence-electron chi connectivity index (χ3n) is 5.77. The van der Waals surface area contributed by atoms with Crippen LogP contribution in [-0.4, -0.2) is 38.6 Å². The number of nitrogens with zero attached hydrogens (tertiary/aromatic N) is 3. The highest BCUT2D eigenvalue weighted by Crippen LogP contribution is 2.34. The van der Waals surface area contributed by atoms with E-state index in [9.17, 15) is 14.9 Å². The van der Waals surface area contributed by atoms with E-state index in [1.54, 1.807) is 11.9 Å². The van der Waals surface area contributed by atoms with Gasteiger partial charge in [0, 0.05) is 11.9 Å². The summed E-state index contributed by atoms with van der Waals surface area (Å²) in [6, 6.07) is 2.40. The van der Waals surface area contributed by atoms with E-state index >= 15 is 0 Å². The van der Waals surface area contributed by atoms with Gasteiger partial charge in [0.15, 0.2) is 0 Å². The Balaban J connectivity index is 1.70. The summed E-state index contributed by atoms with van der Waals surface area (Å²) < 4.78 is 0. The number of aromatic amines is 1. The van der Waals surface area contributed by atoms with Crippen molar-refractivity contribution in [2.75, 3.05) is 7.05 Å². The summed E-state index contributed by atoms with van der Waals surface area (Å²) in [7, 11) is 1.75. The molecule has 0 bridgehead atoms. The van der Waals surface area contributed by atoms with Gasteiger partial charge < -0.3 is 9.88 Å². The maximum Gasteiger partial charge on any atom is 0.259 e. The SMILES string of the molecule is Cc1sc2nc(CS[C@H](C)C(=O)N(C)C3(C#N)CCCCC3)[nH]c(=O)c2c1C. The minimum absolute atomic E-state index is 0.0420. The number of carbonyl (C=O) groups excluding carboxylic acids is 1. The number of rotatable bonds is 5. The predicted molar refractivity (Wildman–Crippen MR) is 115 cm³/mol. The number of aryl methyl sites for hydroxylation is 2. The van der Waals surface area contributed by atoms with Crippen LogP contribution in [0.4, 0.5) is 0 Å². The molecule has 1 amide bonds. The Morgan fingerprint density at radius 2 is 2.07 bits per heavy atom. The largest absolute Gasteiger partial charge is 0.326 e. The lowest BCUT2D eigenvalue weighted by Gasteiger charge is -2.40. The van der Waals surface area contributed by atoms with Gasteiger partial charge in [0.2, 0.25) is 5.91 Å². The standard InChI is InChI=1S/C20H26N4O2S2/c1-12-13(2)28-18-16(12)17(25)22-15(23-18)10-27-14(3)19(26)24(4)20(11-21)8-6-5-7-9-20/h14H,5-10H2,1-4H3,(H,22,23,25)/t14-/m1/s1. The number of amides is 1. The van der Waals surface area contributed by atoms with Gasteiger partial charge in [-0.3, -0.25) is 9.59 Å². The molecule has 0 aromatic carbocycles. The fraction of sp³-hybridized carbons (Fsp3) is 0.600. The zero-order valence-corrected chi connectivity index (χ0v) is 18.4. The van der Waals surface area contributed by atoms with Gasteiger partial charge in [0.1, 0.15) is 16.2 Å². The third-order valence-corrected chi connectivity index (χ3v) is 8.01. The number of H-pyrrole nitrogens is 1. The molecule has 2 heterocycles. The molecule has 2 aromatic rings. The lowest BCUT2D eigenvalue weighted by Crippen LogP contribution is -2.52. The Labute approximate surface area is 173 Å². The Hall–Kier alpha value is -1.85. The maximum absolute atomic E-state index is 12.9. The van der Waals surface area contributed by atoms with Gasteiger partial charge in [-0.15, -0.1) is 23.1 Å². The number of hydrogen-bond acceptors (Lipinski definition) is 6. The molecule has 1 aliphatic carbocycles. The summed E-state index contributed by atoms with van der Waals surface area (Å²) in [6.45, 7) is 5.78. The summed E-state index contributed by atoms with van der Waals surface area (Å²) in [4.78, 5) is 36.2. The molecule has 0 aliphatic heterocycles. The molecule has 0 spiro atoms. The molecule has 2 aromatic heterocycles. The van der Waals surface area contributed by atoms with Gasteiger partial charge in [0.05, 0.1) is 22.5 Å². The van der Waals surface area contributed by atoms with Crippen LogP contribution in [0.1, 0.15) is 55.3 Å². The number of hydrogen-bond donors (Lipinski definition) is 1. The van der Waals surface area contributed by atoms with Gasteiger partial charge in [0.25, 0.3) is 5.56 Å². The number of fused-ring (bicyclic) bond motifs is 1. The van der Waals surface area contributed by atoms with E-state index in [0.717, 1.165) is 47.4 Å². The zero-order valence-electron chi connectivity index (χ0n) is 16.8. The van der Waals surface area contributed by atoms with Crippen LogP contribution in [0.15, 0.2) is 4.79 Å². The van der Waals surface area contributed by atoms with Crippen molar-refractivity contribution in [1.29, 1.82) is 5.26 Å². The molecule has 1 N–H and O–H groups in total. The molecule has 0 radical (unpaired) electrons. The Bertz CT molecular complexity index is 982. The van der Waals surface area contributed by atoms with Crippen LogP contribution < -0.4 is 5.56 Å². The van der Waals surface area contributed by atoms with Crippen LogP contribution in [0.2, 0.25) is 0 Å². The van der Waals surface area contributed by atoms with E-state index in [4.69, 9.17) is 0 Å². The molecule has 0 unspecified atom stereocenters. The molecule has 150 valence electrons. The van der Waals surface area contributed by atoms with Crippen molar-refractivity contribution in [3.05, 3.63) is 26.6 Å². The van der Waals surface area contributed by atoms with Crippen LogP contribution in [0.25, 0.3) is 10.2 Å². The quantitative estimate of drug-likeness (QED) is 0.795. The number of nitrogens with one attached hydrogen (secondary N) is 1. The average Bonchev–Trinajstić information content (AvgIpc) is 2.99. The molecule has 8 heteroatoms. The van der Waals surface area contributed by atoms with E-state index in [1.807, 2.05) is 20.8 Å². The normalized spacial score (nSPS) is 17.2. The molecule has 3 rings (SSSR count). The van der Waals surface area contributed by atoms with Gasteiger partial charge in [-0.05, 0) is 39.2 Å². The summed E-state index contributed by atoms with van der Waals surface area (Å²) in [5.74, 6) is 0.986. The summed E-state index contributed by atoms with van der Waals surface area (Å²) in [6.07, 6.45) is 4.57. The number of carbonyl (C=O) groups is 1. The second-order valence-electron chi connectivity index (χ2n) is 7.53. The first-order chi connectivity index (χ1) is 13.3. The molecule has 28 heavy (non-hydrogen) atoms. The molecule has 1 saturated carbocycles. The topological polar surface area (TPSA) is 89.8 Å². The highest BCUT2D eigenvalue weighted by molar-refractivity contribution is 7.99. The van der Waals surface area contributed by atoms with Crippen molar-refractivity contribution in [2.45, 2.75) is 69.4 Å². The summed E-state index contributed by atoms with van der Waals surface area (Å²) in [5.41, 5.74) is 0.179. The summed E-state index contributed by atoms with van der Waals surface area (Å²) in [5, 5.41) is 10.1. The monoisotopic (exact) mass is 418 g/mol. The van der Waals surface area contributed by atoms with Crippen LogP contribution in [0.5, 0.6) is 0 Å². The predicted octanol–water partition coefficient (Wildman–Crippen LogP) is 3.91. The molecule has 1 fully saturated rings. The Kier molecular flexibility index (Phi) is 6.15. The van der Waals surface area contributed by atoms with Gasteiger partial charge in [-0.2, -0.15) is 5.26 Å². The minimum atomic E-state index is -0.679. The number of aromatic nitrogens is 2. The highest BCUT2D eigenvalue weighted by atomic mass is 32.2. The van der Waals surface area contributed by atoms with E-state index in [2.05, 4.69) is 16.0 Å². The fourth-order valence-corrected chi connectivity index (χ4v) is 5.68. The van der Waals surface area contributed by atoms with E-state index in [-0.39, 0.29) is 16.7 Å². The van der Waals surface area contributed by atoms with Gasteiger partial charge >= 0.3 is 0 Å². The van der Waals surface area contributed by atoms with Crippen molar-refractivity contribution in [3.8, 4) is 6.07 Å². The first-order valence-corrected chi connectivity index (χ1v) is 11.4. The lowest BCUT2D eigenvalue weighted by atomic mass is 9.81. The van der Waals surface area contributed by atoms with Crippen LogP contribution in [0, 0.1) is 25.2 Å². The fourth-order valence-electron chi connectivity index (χ4n) is 3.79. The number of thiophene rings is 1. The van der Waals surface area contributed by atoms with Gasteiger partial charge in [-0.25, -0.2) is 4.98 Å². The van der Waals surface area contributed by atoms with Crippen molar-refractivity contribution in [1.82, 2.24) is 14.9 Å². The second kappa shape index (κ2) is 8.26. The Morgan fingerprint density at radius 1 is 1.39 bits per heavy atom. The lowest BCUT2D eigenvalue weighted by molar-refractivity contribution is -0.133. The molecule has 0 saturated heterocycles. The number of nitriles is 1. The number of thioether (sulfide) groups is 1. The Morgan fingerprint density at radius 3 is 2.71 bits per heavy atom. The van der Waals surface area contributed by atoms with Crippen LogP contribution >= 0.6 is 23.1 Å². The van der Waals surface area contributed by atoms with Crippen LogP contribution in [0.3, 0.4) is 0 Å².